The number of aliphatic hydroxyl groups excluding tert-OH is 5. The zero-order chi connectivity index (χ0) is 48.0. The van der Waals surface area contributed by atoms with E-state index < -0.39 is 49.5 Å². The predicted molar refractivity (Wildman–Crippen MR) is 276 cm³/mol. The number of carbonyl (C=O) groups is 1. The highest BCUT2D eigenvalue weighted by Gasteiger charge is 2.44. The van der Waals surface area contributed by atoms with Crippen molar-refractivity contribution in [2.24, 2.45) is 0 Å². The first-order valence-electron chi connectivity index (χ1n) is 25.8. The van der Waals surface area contributed by atoms with E-state index in [2.05, 4.69) is 129 Å². The van der Waals surface area contributed by atoms with E-state index in [1.54, 1.807) is 6.08 Å². The minimum absolute atomic E-state index is 0.238. The number of amides is 1. The summed E-state index contributed by atoms with van der Waals surface area (Å²) < 4.78 is 11.2. The zero-order valence-corrected chi connectivity index (χ0v) is 41.1. The molecule has 6 N–H and O–H groups in total. The first kappa shape index (κ1) is 60.6. The van der Waals surface area contributed by atoms with Gasteiger partial charge in [-0.3, -0.25) is 4.79 Å². The van der Waals surface area contributed by atoms with Crippen LogP contribution in [0.5, 0.6) is 0 Å². The van der Waals surface area contributed by atoms with Gasteiger partial charge in [0, 0.05) is 6.42 Å². The summed E-state index contributed by atoms with van der Waals surface area (Å²) >= 11 is 0. The predicted octanol–water partition coefficient (Wildman–Crippen LogP) is 12.0. The minimum Gasteiger partial charge on any atom is -0.394 e. The largest absolute Gasteiger partial charge is 0.394 e. The van der Waals surface area contributed by atoms with Crippen molar-refractivity contribution in [1.82, 2.24) is 5.32 Å². The van der Waals surface area contributed by atoms with Crippen LogP contribution in [-0.4, -0.2) is 87.5 Å². The maximum atomic E-state index is 13.0. The number of hydrogen-bond acceptors (Lipinski definition) is 8. The average molecular weight is 920 g/mol. The number of hydrogen-bond donors (Lipinski definition) is 6. The van der Waals surface area contributed by atoms with Crippen molar-refractivity contribution in [3.05, 3.63) is 122 Å². The van der Waals surface area contributed by atoms with Crippen LogP contribution >= 0.6 is 0 Å². The third-order valence-electron chi connectivity index (χ3n) is 11.2. The van der Waals surface area contributed by atoms with Gasteiger partial charge in [-0.15, -0.1) is 0 Å². The smallest absolute Gasteiger partial charge is 0.220 e. The molecule has 66 heavy (non-hydrogen) atoms. The van der Waals surface area contributed by atoms with Gasteiger partial charge in [0.1, 0.15) is 24.4 Å². The summed E-state index contributed by atoms with van der Waals surface area (Å²) in [5, 5.41) is 54.3. The molecule has 0 aromatic rings. The summed E-state index contributed by atoms with van der Waals surface area (Å²) in [5.74, 6) is -0.254. The number of allylic oxidation sites excluding steroid dienone is 19. The first-order valence-corrected chi connectivity index (χ1v) is 25.8. The number of aliphatic hydroxyl groups is 5. The lowest BCUT2D eigenvalue weighted by molar-refractivity contribution is -0.302. The third-order valence-corrected chi connectivity index (χ3v) is 11.2. The van der Waals surface area contributed by atoms with E-state index in [1.807, 2.05) is 6.08 Å². The van der Waals surface area contributed by atoms with Gasteiger partial charge >= 0.3 is 0 Å². The topological polar surface area (TPSA) is 149 Å². The number of ether oxygens (including phenoxy) is 2. The van der Waals surface area contributed by atoms with Crippen molar-refractivity contribution >= 4 is 5.91 Å². The zero-order valence-electron chi connectivity index (χ0n) is 41.1. The number of nitrogens with one attached hydrogen (secondary N) is 1. The molecule has 0 aromatic heterocycles. The lowest BCUT2D eigenvalue weighted by atomic mass is 9.99. The van der Waals surface area contributed by atoms with Crippen LogP contribution in [0.25, 0.3) is 0 Å². The molecule has 9 nitrogen and oxygen atoms in total. The standard InChI is InChI=1S/C57H93NO8/c1-3-5-7-9-11-13-15-17-19-21-23-25-26-27-29-31-33-35-37-39-41-43-45-47-53(61)58-50(49-65-57-56(64)55(63)54(62)52(48-59)66-57)51(60)46-44-42-40-38-36-34-32-30-28-24-22-20-18-16-14-12-10-8-6-4-2/h5,7,11,13,17,19,23,25,27-30,33,35-36,38-39,41,44,46,50-52,54-57,59-60,62-64H,3-4,6,8-10,12,14-16,18,20-22,24,26,31-32,34,37,40,42-43,45,47-49H2,1-2H3,(H,58,61)/b7-5-,13-11-,19-17-,25-23-,29-27-,30-28+,35-33-,38-36+,41-39-,46-44+. The van der Waals surface area contributed by atoms with Crippen LogP contribution in [0, 0.1) is 0 Å². The Balaban J connectivity index is 2.41. The molecule has 0 aromatic carbocycles. The SMILES string of the molecule is CC/C=C\C/C=C\C/C=C\C/C=C\C/C=C\C/C=C\C/C=C\CCCC(=O)NC(COC1OC(CO)C(O)C(O)C1O)C(O)/C=C/CC/C=C/CC/C=C/CCCCCCCCCCCC. The molecule has 0 spiro atoms. The minimum atomic E-state index is -1.59. The molecule has 7 unspecified atom stereocenters. The Morgan fingerprint density at radius 2 is 0.955 bits per heavy atom. The average Bonchev–Trinajstić information content (AvgIpc) is 3.32. The quantitative estimate of drug-likeness (QED) is 0.0262. The third kappa shape index (κ3) is 34.8. The summed E-state index contributed by atoms with van der Waals surface area (Å²) in [7, 11) is 0. The highest BCUT2D eigenvalue weighted by molar-refractivity contribution is 5.76. The van der Waals surface area contributed by atoms with Crippen LogP contribution in [0.2, 0.25) is 0 Å². The van der Waals surface area contributed by atoms with Gasteiger partial charge in [0.15, 0.2) is 6.29 Å². The van der Waals surface area contributed by atoms with Crippen LogP contribution < -0.4 is 5.32 Å². The first-order chi connectivity index (χ1) is 32.3. The van der Waals surface area contributed by atoms with E-state index in [4.69, 9.17) is 9.47 Å². The Bertz CT molecular complexity index is 1440. The molecule has 1 saturated heterocycles. The Morgan fingerprint density at radius 1 is 0.530 bits per heavy atom. The van der Waals surface area contributed by atoms with Crippen molar-refractivity contribution in [1.29, 1.82) is 0 Å². The van der Waals surface area contributed by atoms with Crippen molar-refractivity contribution in [2.45, 2.75) is 217 Å². The molecule has 1 rings (SSSR count). The second kappa shape index (κ2) is 45.4. The van der Waals surface area contributed by atoms with Crippen LogP contribution in [0.3, 0.4) is 0 Å². The lowest BCUT2D eigenvalue weighted by Gasteiger charge is -2.40. The second-order valence-electron chi connectivity index (χ2n) is 17.2. The van der Waals surface area contributed by atoms with Crippen LogP contribution in [0.4, 0.5) is 0 Å². The van der Waals surface area contributed by atoms with Gasteiger partial charge in [-0.05, 0) is 96.3 Å². The second-order valence-corrected chi connectivity index (χ2v) is 17.2. The molecule has 0 aliphatic carbocycles. The van der Waals surface area contributed by atoms with Crippen LogP contribution in [0.15, 0.2) is 122 Å². The fraction of sp³-hybridized carbons (Fsp3) is 0.632. The maximum absolute atomic E-state index is 13.0. The Kier molecular flexibility index (Phi) is 41.7. The summed E-state index contributed by atoms with van der Waals surface area (Å²) in [4.78, 5) is 13.0. The van der Waals surface area contributed by atoms with Gasteiger partial charge in [0.2, 0.25) is 5.91 Å². The van der Waals surface area contributed by atoms with E-state index >= 15 is 0 Å². The Hall–Kier alpha value is -3.41. The molecule has 0 radical (unpaired) electrons. The fourth-order valence-corrected chi connectivity index (χ4v) is 7.18. The van der Waals surface area contributed by atoms with Gasteiger partial charge in [0.25, 0.3) is 0 Å². The molecule has 9 heteroatoms. The molecular formula is C57H93NO8. The summed E-state index contributed by atoms with van der Waals surface area (Å²) in [6, 6.07) is -0.868. The van der Waals surface area contributed by atoms with E-state index in [9.17, 15) is 30.3 Å². The van der Waals surface area contributed by atoms with Crippen molar-refractivity contribution in [3.63, 3.8) is 0 Å². The van der Waals surface area contributed by atoms with Gasteiger partial charge in [-0.25, -0.2) is 0 Å². The Labute approximate surface area is 401 Å². The molecule has 7 atom stereocenters. The van der Waals surface area contributed by atoms with E-state index in [1.165, 1.54) is 64.2 Å². The van der Waals surface area contributed by atoms with Crippen LogP contribution in [-0.2, 0) is 14.3 Å². The van der Waals surface area contributed by atoms with Gasteiger partial charge in [0.05, 0.1) is 25.4 Å². The van der Waals surface area contributed by atoms with Gasteiger partial charge in [-0.1, -0.05) is 193 Å². The molecule has 1 aliphatic rings. The highest BCUT2D eigenvalue weighted by Crippen LogP contribution is 2.22. The summed E-state index contributed by atoms with van der Waals surface area (Å²) in [5.41, 5.74) is 0. The molecule has 0 bridgehead atoms. The molecule has 1 amide bonds. The Morgan fingerprint density at radius 3 is 1.45 bits per heavy atom. The number of carbonyl (C=O) groups excluding carboxylic acids is 1. The number of unbranched alkanes of at least 4 members (excludes halogenated alkanes) is 13. The highest BCUT2D eigenvalue weighted by atomic mass is 16.7. The van der Waals surface area contributed by atoms with E-state index in [0.717, 1.165) is 77.0 Å². The van der Waals surface area contributed by atoms with Gasteiger partial charge < -0.3 is 40.3 Å². The maximum Gasteiger partial charge on any atom is 0.220 e. The van der Waals surface area contributed by atoms with Gasteiger partial charge in [-0.2, -0.15) is 0 Å². The number of rotatable bonds is 41. The molecule has 1 fully saturated rings. The van der Waals surface area contributed by atoms with Crippen molar-refractivity contribution in [3.8, 4) is 0 Å². The van der Waals surface area contributed by atoms with Crippen LogP contribution in [0.1, 0.15) is 174 Å². The molecule has 1 aliphatic heterocycles. The molecular weight excluding hydrogens is 827 g/mol. The molecule has 374 valence electrons. The monoisotopic (exact) mass is 920 g/mol. The summed E-state index contributed by atoms with van der Waals surface area (Å²) in [6.07, 6.45) is 61.1. The molecule has 0 saturated carbocycles. The van der Waals surface area contributed by atoms with Crippen molar-refractivity contribution in [2.75, 3.05) is 13.2 Å². The molecule has 1 heterocycles. The fourth-order valence-electron chi connectivity index (χ4n) is 7.18. The normalized spacial score (nSPS) is 20.9. The van der Waals surface area contributed by atoms with E-state index in [-0.39, 0.29) is 18.9 Å². The summed E-state index contributed by atoms with van der Waals surface area (Å²) in [6.45, 7) is 3.59. The lowest BCUT2D eigenvalue weighted by Crippen LogP contribution is -2.60. The van der Waals surface area contributed by atoms with E-state index in [0.29, 0.717) is 12.8 Å². The van der Waals surface area contributed by atoms with Crippen molar-refractivity contribution < 1.29 is 39.8 Å².